The Labute approximate surface area is 231 Å². The highest BCUT2D eigenvalue weighted by Crippen LogP contribution is 2.31. The van der Waals surface area contributed by atoms with Crippen LogP contribution in [0.25, 0.3) is 0 Å². The molecule has 5 N–H and O–H groups in total. The molecule has 1 saturated heterocycles. The number of piperazine rings is 1. The van der Waals surface area contributed by atoms with E-state index in [1.807, 2.05) is 0 Å². The molecule has 0 bridgehead atoms. The Hall–Kier alpha value is -2.51. The van der Waals surface area contributed by atoms with E-state index in [-0.39, 0.29) is 35.2 Å². The summed E-state index contributed by atoms with van der Waals surface area (Å²) in [6.07, 6.45) is 4.02. The molecule has 0 aliphatic carbocycles. The van der Waals surface area contributed by atoms with Crippen LogP contribution in [0.1, 0.15) is 47.2 Å². The largest absolute Gasteiger partial charge is 0.471 e. The third kappa shape index (κ3) is 9.05. The number of benzene rings is 1. The minimum Gasteiger partial charge on any atom is -0.471 e. The van der Waals surface area contributed by atoms with Crippen molar-refractivity contribution in [3.05, 3.63) is 39.7 Å². The van der Waals surface area contributed by atoms with E-state index in [1.54, 1.807) is 6.92 Å². The first kappa shape index (κ1) is 30.0. The van der Waals surface area contributed by atoms with Crippen molar-refractivity contribution in [2.75, 3.05) is 57.7 Å². The number of rotatable bonds is 14. The van der Waals surface area contributed by atoms with Crippen LogP contribution in [0, 0.1) is 12.7 Å². The fourth-order valence-electron chi connectivity index (χ4n) is 4.16. The highest BCUT2D eigenvalue weighted by atomic mass is 35.5. The van der Waals surface area contributed by atoms with Crippen molar-refractivity contribution in [3.8, 4) is 5.88 Å². The van der Waals surface area contributed by atoms with E-state index in [9.17, 15) is 14.0 Å². The van der Waals surface area contributed by atoms with Crippen LogP contribution in [0.5, 0.6) is 5.88 Å². The van der Waals surface area contributed by atoms with Crippen molar-refractivity contribution in [1.82, 2.24) is 19.5 Å². The number of nitrogens with one attached hydrogen (secondary N) is 2. The van der Waals surface area contributed by atoms with Gasteiger partial charge in [0, 0.05) is 49.9 Å². The van der Waals surface area contributed by atoms with Crippen molar-refractivity contribution < 1.29 is 23.8 Å². The number of primary amides is 1. The standard InChI is InChI=1S/C25H36ClFN6O4S/c1-17-14-20(27)18(15-19(17)26)16-37-23-21(22(28)35)24(38-31-23)30-25(36)29-6-4-2-3-5-7-32-8-10-33(11-9-32)12-13-34/h14-15,34H,2-13,16H2,1H3,(H2,28,35)(H2,29,30,36). The van der Waals surface area contributed by atoms with Crippen LogP contribution >= 0.6 is 23.1 Å². The number of β-amino-alcohol motifs (C(OH)–C–C–N with tert-alkyl or cyclic N) is 1. The highest BCUT2D eigenvalue weighted by molar-refractivity contribution is 7.11. The van der Waals surface area contributed by atoms with Gasteiger partial charge in [-0.3, -0.25) is 15.0 Å². The van der Waals surface area contributed by atoms with Crippen LogP contribution in [0.2, 0.25) is 5.02 Å². The number of carbonyl (C=O) groups excluding carboxylic acids is 2. The van der Waals surface area contributed by atoms with Gasteiger partial charge in [0.2, 0.25) is 5.88 Å². The third-order valence-corrected chi connectivity index (χ3v) is 7.55. The zero-order valence-corrected chi connectivity index (χ0v) is 23.2. The van der Waals surface area contributed by atoms with Gasteiger partial charge in [-0.15, -0.1) is 0 Å². The number of anilines is 1. The second kappa shape index (κ2) is 15.2. The monoisotopic (exact) mass is 570 g/mol. The minimum absolute atomic E-state index is 0.0686. The van der Waals surface area contributed by atoms with E-state index in [0.717, 1.165) is 76.5 Å². The van der Waals surface area contributed by atoms with Gasteiger partial charge in [0.1, 0.15) is 23.0 Å². The number of aryl methyl sites for hydroxylation is 1. The molecule has 0 saturated carbocycles. The second-order valence-corrected chi connectivity index (χ2v) is 10.4. The predicted octanol–water partition coefficient (Wildman–Crippen LogP) is 3.21. The summed E-state index contributed by atoms with van der Waals surface area (Å²) in [5.74, 6) is -1.39. The summed E-state index contributed by atoms with van der Waals surface area (Å²) >= 11 is 6.92. The zero-order valence-electron chi connectivity index (χ0n) is 21.6. The Morgan fingerprint density at radius 2 is 1.84 bits per heavy atom. The van der Waals surface area contributed by atoms with Crippen LogP contribution in [-0.4, -0.2) is 83.6 Å². The van der Waals surface area contributed by atoms with Gasteiger partial charge in [-0.1, -0.05) is 24.4 Å². The fourth-order valence-corrected chi connectivity index (χ4v) is 5.08. The number of nitrogens with zero attached hydrogens (tertiary/aromatic N) is 3. The summed E-state index contributed by atoms with van der Waals surface area (Å²) in [4.78, 5) is 29.1. The lowest BCUT2D eigenvalue weighted by molar-refractivity contribution is 0.0996. The van der Waals surface area contributed by atoms with Gasteiger partial charge in [-0.05, 0) is 55.5 Å². The fraction of sp³-hybridized carbons (Fsp3) is 0.560. The number of nitrogens with two attached hydrogens (primary N) is 1. The molecule has 2 aromatic rings. The maximum absolute atomic E-state index is 14.2. The molecule has 210 valence electrons. The molecule has 3 rings (SSSR count). The van der Waals surface area contributed by atoms with Gasteiger partial charge in [-0.25, -0.2) is 9.18 Å². The van der Waals surface area contributed by atoms with Crippen LogP contribution in [-0.2, 0) is 6.61 Å². The van der Waals surface area contributed by atoms with Crippen LogP contribution in [0.15, 0.2) is 12.1 Å². The number of hydrogen-bond acceptors (Lipinski definition) is 8. The number of aliphatic hydroxyl groups is 1. The number of unbranched alkanes of at least 4 members (excludes halogenated alkanes) is 3. The van der Waals surface area contributed by atoms with Crippen molar-refractivity contribution in [1.29, 1.82) is 0 Å². The first-order chi connectivity index (χ1) is 18.3. The van der Waals surface area contributed by atoms with Crippen molar-refractivity contribution in [2.24, 2.45) is 5.73 Å². The summed E-state index contributed by atoms with van der Waals surface area (Å²) in [7, 11) is 0. The molecular formula is C25H36ClFN6O4S. The van der Waals surface area contributed by atoms with Gasteiger partial charge in [0.25, 0.3) is 5.91 Å². The molecule has 10 nitrogen and oxygen atoms in total. The molecule has 1 aromatic heterocycles. The van der Waals surface area contributed by atoms with Crippen LogP contribution < -0.4 is 21.1 Å². The number of carbonyl (C=O) groups is 2. The average Bonchev–Trinajstić information content (AvgIpc) is 3.28. The number of urea groups is 1. The smallest absolute Gasteiger partial charge is 0.319 e. The van der Waals surface area contributed by atoms with E-state index < -0.39 is 17.8 Å². The molecule has 1 aliphatic rings. The molecule has 1 aliphatic heterocycles. The number of halogens is 2. The van der Waals surface area contributed by atoms with Gasteiger partial charge in [-0.2, -0.15) is 4.37 Å². The molecule has 0 atom stereocenters. The van der Waals surface area contributed by atoms with E-state index >= 15 is 0 Å². The summed E-state index contributed by atoms with van der Waals surface area (Å²) in [5.41, 5.74) is 6.22. The molecule has 13 heteroatoms. The number of hydrogen-bond donors (Lipinski definition) is 4. The maximum atomic E-state index is 14.2. The SMILES string of the molecule is Cc1cc(F)c(COc2nsc(NC(=O)NCCCCCCN3CCN(CCO)CC3)c2C(N)=O)cc1Cl. The van der Waals surface area contributed by atoms with Crippen LogP contribution in [0.4, 0.5) is 14.2 Å². The van der Waals surface area contributed by atoms with Crippen LogP contribution in [0.3, 0.4) is 0 Å². The maximum Gasteiger partial charge on any atom is 0.319 e. The van der Waals surface area contributed by atoms with Gasteiger partial charge in [0.05, 0.1) is 6.61 Å². The highest BCUT2D eigenvalue weighted by Gasteiger charge is 2.22. The average molecular weight is 571 g/mol. The van der Waals surface area contributed by atoms with Gasteiger partial charge in [0.15, 0.2) is 0 Å². The first-order valence-electron chi connectivity index (χ1n) is 12.8. The number of aromatic nitrogens is 1. The molecule has 0 unspecified atom stereocenters. The van der Waals surface area contributed by atoms with Crippen molar-refractivity contribution in [3.63, 3.8) is 0 Å². The Morgan fingerprint density at radius 3 is 2.53 bits per heavy atom. The number of aliphatic hydroxyl groups excluding tert-OH is 1. The molecule has 1 aromatic carbocycles. The summed E-state index contributed by atoms with van der Waals surface area (Å²) < 4.78 is 23.8. The molecular weight excluding hydrogens is 535 g/mol. The van der Waals surface area contributed by atoms with E-state index in [4.69, 9.17) is 27.2 Å². The zero-order chi connectivity index (χ0) is 27.5. The Kier molecular flexibility index (Phi) is 12.0. The summed E-state index contributed by atoms with van der Waals surface area (Å²) in [5, 5.41) is 15.0. The first-order valence-corrected chi connectivity index (χ1v) is 13.9. The van der Waals surface area contributed by atoms with E-state index in [1.165, 1.54) is 12.1 Å². The Morgan fingerprint density at radius 1 is 1.16 bits per heavy atom. The third-order valence-electron chi connectivity index (χ3n) is 6.39. The number of amides is 3. The molecule has 1 fully saturated rings. The normalized spacial score (nSPS) is 14.4. The van der Waals surface area contributed by atoms with Gasteiger partial charge < -0.3 is 25.8 Å². The van der Waals surface area contributed by atoms with Crippen molar-refractivity contribution >= 4 is 40.1 Å². The molecule has 3 amide bonds. The minimum atomic E-state index is -0.818. The lowest BCUT2D eigenvalue weighted by Crippen LogP contribution is -2.47. The lowest BCUT2D eigenvalue weighted by Gasteiger charge is -2.34. The lowest BCUT2D eigenvalue weighted by atomic mass is 10.1. The quantitative estimate of drug-likeness (QED) is 0.256. The molecule has 2 heterocycles. The van der Waals surface area contributed by atoms with Gasteiger partial charge >= 0.3 is 6.03 Å². The molecule has 38 heavy (non-hydrogen) atoms. The summed E-state index contributed by atoms with van der Waals surface area (Å²) in [6.45, 7) is 8.09. The topological polar surface area (TPSA) is 133 Å². The Balaban J connectivity index is 1.36. The van der Waals surface area contributed by atoms with E-state index in [2.05, 4.69) is 24.8 Å². The predicted molar refractivity (Wildman–Crippen MR) is 147 cm³/mol. The Bertz CT molecular complexity index is 1080. The second-order valence-electron chi connectivity index (χ2n) is 9.24. The number of ether oxygens (including phenoxy) is 1. The summed E-state index contributed by atoms with van der Waals surface area (Å²) in [6, 6.07) is 2.28. The molecule has 0 radical (unpaired) electrons. The van der Waals surface area contributed by atoms with Crippen molar-refractivity contribution in [2.45, 2.75) is 39.2 Å². The van der Waals surface area contributed by atoms with E-state index in [0.29, 0.717) is 17.1 Å². The molecule has 0 spiro atoms.